The number of benzene rings is 3. The van der Waals surface area contributed by atoms with E-state index in [4.69, 9.17) is 0 Å². The highest BCUT2D eigenvalue weighted by molar-refractivity contribution is 7.97. The molecule has 1 fully saturated rings. The second kappa shape index (κ2) is 9.44. The Bertz CT molecular complexity index is 1030. The van der Waals surface area contributed by atoms with Crippen LogP contribution in [0.4, 0.5) is 5.13 Å². The second-order valence-corrected chi connectivity index (χ2v) is 11.8. The average molecular weight is 509 g/mol. The van der Waals surface area contributed by atoms with Crippen molar-refractivity contribution in [2.45, 2.75) is 12.1 Å². The van der Waals surface area contributed by atoms with Crippen LogP contribution in [0.2, 0.25) is 0 Å². The van der Waals surface area contributed by atoms with Gasteiger partial charge in [-0.15, -0.1) is 11.3 Å². The number of thiazole rings is 1. The van der Waals surface area contributed by atoms with Gasteiger partial charge in [-0.3, -0.25) is 9.69 Å². The minimum absolute atomic E-state index is 0. The zero-order chi connectivity index (χ0) is 20.4. The molecule has 0 bridgehead atoms. The molecule has 156 valence electrons. The highest BCUT2D eigenvalue weighted by atomic mass is 79.9. The SMILES string of the molecule is O=C1C([P+](c2ccccc2)(c2ccccc2)c2ccccc2)CCN1c1nccs1.[Br-]. The Balaban J connectivity index is 0.00000231. The van der Waals surface area contributed by atoms with Crippen molar-refractivity contribution in [3.05, 3.63) is 103 Å². The Hall–Kier alpha value is -2.33. The summed E-state index contributed by atoms with van der Waals surface area (Å²) < 4.78 is 0. The summed E-state index contributed by atoms with van der Waals surface area (Å²) in [6.07, 6.45) is 2.60. The summed E-state index contributed by atoms with van der Waals surface area (Å²) in [4.78, 5) is 20.2. The summed E-state index contributed by atoms with van der Waals surface area (Å²) in [7, 11) is -2.21. The molecule has 31 heavy (non-hydrogen) atoms. The number of aromatic nitrogens is 1. The number of halogens is 1. The second-order valence-electron chi connectivity index (χ2n) is 7.34. The van der Waals surface area contributed by atoms with Crippen LogP contribution in [0, 0.1) is 0 Å². The number of carbonyl (C=O) groups is 1. The minimum atomic E-state index is -2.21. The van der Waals surface area contributed by atoms with Gasteiger partial charge in [0.1, 0.15) is 23.2 Å². The van der Waals surface area contributed by atoms with Crippen LogP contribution in [0.25, 0.3) is 0 Å². The molecule has 5 rings (SSSR count). The molecule has 0 spiro atoms. The molecule has 2 heterocycles. The highest BCUT2D eigenvalue weighted by Gasteiger charge is 2.59. The number of rotatable bonds is 5. The lowest BCUT2D eigenvalue weighted by molar-refractivity contribution is -0.116. The van der Waals surface area contributed by atoms with Crippen LogP contribution in [-0.4, -0.2) is 23.1 Å². The van der Waals surface area contributed by atoms with E-state index < -0.39 is 7.26 Å². The number of anilines is 1. The molecule has 1 atom stereocenters. The van der Waals surface area contributed by atoms with Gasteiger partial charge in [-0.25, -0.2) is 4.98 Å². The highest BCUT2D eigenvalue weighted by Crippen LogP contribution is 2.62. The molecule has 3 nitrogen and oxygen atoms in total. The van der Waals surface area contributed by atoms with E-state index in [0.717, 1.165) is 11.6 Å². The van der Waals surface area contributed by atoms with Gasteiger partial charge in [0.05, 0.1) is 0 Å². The zero-order valence-corrected chi connectivity index (χ0v) is 20.1. The zero-order valence-electron chi connectivity index (χ0n) is 16.8. The first-order valence-corrected chi connectivity index (χ1v) is 12.8. The number of amides is 1. The number of hydrogen-bond acceptors (Lipinski definition) is 3. The lowest BCUT2D eigenvalue weighted by Gasteiger charge is -2.31. The summed E-state index contributed by atoms with van der Waals surface area (Å²) in [6.45, 7) is 0.714. The van der Waals surface area contributed by atoms with Gasteiger partial charge in [0.15, 0.2) is 10.8 Å². The van der Waals surface area contributed by atoms with E-state index in [2.05, 4.69) is 77.8 Å². The molecule has 0 radical (unpaired) electrons. The Kier molecular flexibility index (Phi) is 6.66. The Morgan fingerprint density at radius 2 is 1.29 bits per heavy atom. The minimum Gasteiger partial charge on any atom is -1.00 e. The maximum absolute atomic E-state index is 13.9. The third-order valence-electron chi connectivity index (χ3n) is 5.79. The Labute approximate surface area is 197 Å². The molecule has 1 aliphatic heterocycles. The Morgan fingerprint density at radius 1 is 0.806 bits per heavy atom. The third kappa shape index (κ3) is 3.76. The van der Waals surface area contributed by atoms with Gasteiger partial charge in [-0.1, -0.05) is 54.6 Å². The molecule has 1 aliphatic rings. The molecule has 6 heteroatoms. The monoisotopic (exact) mass is 508 g/mol. The fourth-order valence-electron chi connectivity index (χ4n) is 4.54. The van der Waals surface area contributed by atoms with Crippen molar-refractivity contribution in [2.24, 2.45) is 0 Å². The van der Waals surface area contributed by atoms with Crippen molar-refractivity contribution in [1.29, 1.82) is 0 Å². The normalized spacial score (nSPS) is 16.2. The van der Waals surface area contributed by atoms with Crippen LogP contribution in [-0.2, 0) is 4.79 Å². The largest absolute Gasteiger partial charge is 1.00 e. The van der Waals surface area contributed by atoms with Crippen molar-refractivity contribution in [2.75, 3.05) is 11.4 Å². The van der Waals surface area contributed by atoms with Crippen LogP contribution < -0.4 is 37.8 Å². The first kappa shape index (κ1) is 21.9. The van der Waals surface area contributed by atoms with E-state index in [-0.39, 0.29) is 28.5 Å². The standard InChI is InChI=1S/C25H22N2OPS.BrH/c28-24-23(16-18-27(24)25-26-17-19-30-25)29(20-10-4-1-5-11-20,21-12-6-2-7-13-21)22-14-8-3-9-15-22;/h1-15,17,19,23H,16,18H2;1H/q+1;/p-1. The van der Waals surface area contributed by atoms with Gasteiger partial charge in [0.2, 0.25) is 0 Å². The Morgan fingerprint density at radius 3 is 1.71 bits per heavy atom. The quantitative estimate of drug-likeness (QED) is 0.380. The predicted molar refractivity (Wildman–Crippen MR) is 128 cm³/mol. The molecule has 0 N–H and O–H groups in total. The van der Waals surface area contributed by atoms with Crippen molar-refractivity contribution >= 4 is 45.6 Å². The maximum atomic E-state index is 13.9. The first-order valence-electron chi connectivity index (χ1n) is 10.1. The maximum Gasteiger partial charge on any atom is 0.270 e. The fraction of sp³-hybridized carbons (Fsp3) is 0.120. The molecule has 3 aromatic carbocycles. The van der Waals surface area contributed by atoms with Crippen molar-refractivity contribution in [3.8, 4) is 0 Å². The molecule has 0 saturated carbocycles. The van der Waals surface area contributed by atoms with Crippen LogP contribution in [0.5, 0.6) is 0 Å². The van der Waals surface area contributed by atoms with E-state index >= 15 is 0 Å². The molecule has 1 aromatic heterocycles. The third-order valence-corrected chi connectivity index (χ3v) is 11.3. The number of carbonyl (C=O) groups excluding carboxylic acids is 1. The van der Waals surface area contributed by atoms with E-state index in [1.807, 2.05) is 28.5 Å². The summed E-state index contributed by atoms with van der Waals surface area (Å²) in [6, 6.07) is 31.9. The molecule has 1 saturated heterocycles. The lowest BCUT2D eigenvalue weighted by atomic mass is 10.3. The number of nitrogens with zero attached hydrogens (tertiary/aromatic N) is 2. The van der Waals surface area contributed by atoms with Crippen molar-refractivity contribution < 1.29 is 21.8 Å². The van der Waals surface area contributed by atoms with Gasteiger partial charge in [-0.05, 0) is 36.4 Å². The van der Waals surface area contributed by atoms with E-state index in [9.17, 15) is 4.79 Å². The summed E-state index contributed by atoms with van der Waals surface area (Å²) in [5.41, 5.74) is -0.103. The van der Waals surface area contributed by atoms with Crippen LogP contribution >= 0.6 is 18.6 Å². The van der Waals surface area contributed by atoms with Crippen LogP contribution in [0.1, 0.15) is 6.42 Å². The van der Waals surface area contributed by atoms with Gasteiger partial charge in [0.25, 0.3) is 5.91 Å². The van der Waals surface area contributed by atoms with Crippen molar-refractivity contribution in [1.82, 2.24) is 4.98 Å². The summed E-state index contributed by atoms with van der Waals surface area (Å²) in [5, 5.41) is 6.49. The smallest absolute Gasteiger partial charge is 0.270 e. The first-order chi connectivity index (χ1) is 14.8. The van der Waals surface area contributed by atoms with Crippen LogP contribution in [0.15, 0.2) is 103 Å². The van der Waals surface area contributed by atoms with Crippen molar-refractivity contribution in [3.63, 3.8) is 0 Å². The van der Waals surface area contributed by atoms with E-state index in [1.54, 1.807) is 6.20 Å². The van der Waals surface area contributed by atoms with Crippen LogP contribution in [0.3, 0.4) is 0 Å². The van der Waals surface area contributed by atoms with Gasteiger partial charge < -0.3 is 17.0 Å². The van der Waals surface area contributed by atoms with E-state index in [0.29, 0.717) is 6.54 Å². The molecular formula is C25H22BrN2OPS. The molecule has 4 aromatic rings. The van der Waals surface area contributed by atoms with Gasteiger partial charge >= 0.3 is 0 Å². The predicted octanol–water partition coefficient (Wildman–Crippen LogP) is 1.25. The van der Waals surface area contributed by atoms with Gasteiger partial charge in [-0.2, -0.15) is 0 Å². The summed E-state index contributed by atoms with van der Waals surface area (Å²) in [5.74, 6) is 0.190. The fourth-order valence-corrected chi connectivity index (χ4v) is 10.1. The topological polar surface area (TPSA) is 33.2 Å². The molecule has 0 aliphatic carbocycles. The molecule has 1 unspecified atom stereocenters. The number of hydrogen-bond donors (Lipinski definition) is 0. The van der Waals surface area contributed by atoms with Gasteiger partial charge in [0, 0.05) is 24.5 Å². The molecular weight excluding hydrogens is 487 g/mol. The molecule has 1 amide bonds. The lowest BCUT2D eigenvalue weighted by Crippen LogP contribution is -3.00. The summed E-state index contributed by atoms with van der Waals surface area (Å²) >= 11 is 1.53. The van der Waals surface area contributed by atoms with E-state index in [1.165, 1.54) is 27.3 Å². The average Bonchev–Trinajstić information content (AvgIpc) is 3.47.